The number of rotatable bonds is 4. The molecule has 152 valence electrons. The molecule has 1 aromatic heterocycles. The molecule has 0 spiro atoms. The average Bonchev–Trinajstić information content (AvgIpc) is 2.78. The molecule has 1 saturated heterocycles. The van der Waals surface area contributed by atoms with Gasteiger partial charge in [-0.05, 0) is 42.1 Å². The first-order chi connectivity index (χ1) is 14.5. The molecular weight excluding hydrogens is 383 g/mol. The number of hydrogen-bond acceptors (Lipinski definition) is 4. The van der Waals surface area contributed by atoms with Crippen molar-refractivity contribution in [2.45, 2.75) is 12.8 Å². The van der Waals surface area contributed by atoms with Crippen LogP contribution in [0.5, 0.6) is 0 Å². The molecule has 0 unspecified atom stereocenters. The van der Waals surface area contributed by atoms with E-state index in [1.165, 1.54) is 12.1 Å². The minimum absolute atomic E-state index is 0.0308. The van der Waals surface area contributed by atoms with E-state index in [1.54, 1.807) is 18.2 Å². The number of nitriles is 1. The number of nitrogens with zero attached hydrogens (tertiary/aromatic N) is 3. The molecule has 1 aliphatic heterocycles. The lowest BCUT2D eigenvalue weighted by Gasteiger charge is -2.36. The monoisotopic (exact) mass is 404 g/mol. The fourth-order valence-corrected chi connectivity index (χ4v) is 3.86. The van der Waals surface area contributed by atoms with Gasteiger partial charge >= 0.3 is 0 Å². The molecule has 7 heteroatoms. The number of nitrogens with one attached hydrogen (secondary N) is 1. The molecule has 1 amide bonds. The number of halogens is 1. The van der Waals surface area contributed by atoms with E-state index in [2.05, 4.69) is 16.0 Å². The molecule has 1 aliphatic rings. The Morgan fingerprint density at radius 1 is 1.10 bits per heavy atom. The van der Waals surface area contributed by atoms with Gasteiger partial charge in [-0.3, -0.25) is 9.59 Å². The van der Waals surface area contributed by atoms with E-state index in [9.17, 15) is 19.2 Å². The highest BCUT2D eigenvalue weighted by Gasteiger charge is 2.22. The predicted octanol–water partition coefficient (Wildman–Crippen LogP) is 2.82. The van der Waals surface area contributed by atoms with Gasteiger partial charge in [-0.25, -0.2) is 4.39 Å². The molecule has 4 rings (SSSR count). The van der Waals surface area contributed by atoms with Crippen LogP contribution in [0.3, 0.4) is 0 Å². The number of anilines is 1. The van der Waals surface area contributed by atoms with Gasteiger partial charge in [-0.2, -0.15) is 5.26 Å². The van der Waals surface area contributed by atoms with Gasteiger partial charge in [0.2, 0.25) is 5.91 Å². The van der Waals surface area contributed by atoms with Crippen molar-refractivity contribution in [1.29, 1.82) is 5.26 Å². The maximum Gasteiger partial charge on any atom is 0.256 e. The highest BCUT2D eigenvalue weighted by atomic mass is 19.1. The molecule has 0 bridgehead atoms. The van der Waals surface area contributed by atoms with Crippen LogP contribution in [0.4, 0.5) is 10.1 Å². The van der Waals surface area contributed by atoms with E-state index in [0.717, 1.165) is 5.69 Å². The van der Waals surface area contributed by atoms with Gasteiger partial charge in [0.25, 0.3) is 5.56 Å². The first kappa shape index (κ1) is 19.6. The van der Waals surface area contributed by atoms with E-state index < -0.39 is 5.82 Å². The lowest BCUT2D eigenvalue weighted by molar-refractivity contribution is -0.131. The second-order valence-electron chi connectivity index (χ2n) is 7.35. The average molecular weight is 404 g/mol. The van der Waals surface area contributed by atoms with Crippen molar-refractivity contribution in [3.63, 3.8) is 0 Å². The number of para-hydroxylation sites is 1. The zero-order valence-corrected chi connectivity index (χ0v) is 16.4. The first-order valence-electron chi connectivity index (χ1n) is 9.88. The summed E-state index contributed by atoms with van der Waals surface area (Å²) in [5, 5.41) is 10.2. The summed E-state index contributed by atoms with van der Waals surface area (Å²) in [6.45, 7) is 2.52. The molecule has 0 radical (unpaired) electrons. The number of piperazine rings is 1. The number of aromatic amines is 1. The molecule has 0 saturated carbocycles. The molecule has 0 aliphatic carbocycles. The lowest BCUT2D eigenvalue weighted by atomic mass is 10.1. The summed E-state index contributed by atoms with van der Waals surface area (Å²) in [5.74, 6) is -0.421. The third-order valence-electron chi connectivity index (χ3n) is 5.47. The maximum absolute atomic E-state index is 13.3. The summed E-state index contributed by atoms with van der Waals surface area (Å²) in [6.07, 6.45) is 0.705. The maximum atomic E-state index is 13.3. The van der Waals surface area contributed by atoms with Crippen LogP contribution in [0.2, 0.25) is 0 Å². The quantitative estimate of drug-likeness (QED) is 0.725. The minimum Gasteiger partial charge on any atom is -0.367 e. The molecular formula is C23H21FN4O2. The first-order valence-corrected chi connectivity index (χ1v) is 9.88. The number of carbonyl (C=O) groups is 1. The number of H-pyrrole nitrogens is 1. The lowest BCUT2D eigenvalue weighted by Crippen LogP contribution is -2.49. The number of pyridine rings is 1. The number of hydrogen-bond donors (Lipinski definition) is 1. The highest BCUT2D eigenvalue weighted by Crippen LogP contribution is 2.21. The Bertz CT molecular complexity index is 1190. The zero-order valence-electron chi connectivity index (χ0n) is 16.4. The van der Waals surface area contributed by atoms with Crippen molar-refractivity contribution in [2.24, 2.45) is 0 Å². The summed E-state index contributed by atoms with van der Waals surface area (Å²) >= 11 is 0. The van der Waals surface area contributed by atoms with E-state index in [1.807, 2.05) is 23.1 Å². The minimum atomic E-state index is -0.451. The van der Waals surface area contributed by atoms with Gasteiger partial charge in [-0.1, -0.05) is 18.2 Å². The van der Waals surface area contributed by atoms with Gasteiger partial charge < -0.3 is 14.8 Å². The highest BCUT2D eigenvalue weighted by molar-refractivity contribution is 5.82. The summed E-state index contributed by atoms with van der Waals surface area (Å²) in [5.41, 5.74) is 1.85. The van der Waals surface area contributed by atoms with Crippen LogP contribution in [0.1, 0.15) is 17.7 Å². The smallest absolute Gasteiger partial charge is 0.256 e. The number of aryl methyl sites for hydroxylation is 1. The van der Waals surface area contributed by atoms with Gasteiger partial charge in [-0.15, -0.1) is 0 Å². The molecule has 30 heavy (non-hydrogen) atoms. The number of aromatic nitrogens is 1. The van der Waals surface area contributed by atoms with Crippen LogP contribution in [-0.2, 0) is 11.2 Å². The molecule has 2 heterocycles. The zero-order chi connectivity index (χ0) is 21.1. The van der Waals surface area contributed by atoms with E-state index in [4.69, 9.17) is 0 Å². The Balaban J connectivity index is 1.37. The predicted molar refractivity (Wildman–Crippen MR) is 113 cm³/mol. The van der Waals surface area contributed by atoms with Crippen LogP contribution in [0, 0.1) is 17.1 Å². The molecule has 6 nitrogen and oxygen atoms in total. The fourth-order valence-electron chi connectivity index (χ4n) is 3.86. The van der Waals surface area contributed by atoms with Gasteiger partial charge in [0.05, 0.1) is 11.3 Å². The van der Waals surface area contributed by atoms with Crippen molar-refractivity contribution in [1.82, 2.24) is 9.88 Å². The normalized spacial score (nSPS) is 14.0. The summed E-state index contributed by atoms with van der Waals surface area (Å²) in [6, 6.07) is 15.6. The standard InChI is InChI=1S/C23H21FN4O2/c24-18-6-5-16-13-19(26-23(30)20(16)14-18)7-8-22(29)28-11-9-27(10-12-28)21-4-2-1-3-17(21)15-25/h1-6,13-14H,7-12H2,(H,26,30). The number of carbonyl (C=O) groups excluding carboxylic acids is 1. The topological polar surface area (TPSA) is 80.2 Å². The third-order valence-corrected chi connectivity index (χ3v) is 5.47. The van der Waals surface area contributed by atoms with E-state index in [-0.39, 0.29) is 17.9 Å². The Morgan fingerprint density at radius 3 is 2.63 bits per heavy atom. The van der Waals surface area contributed by atoms with E-state index >= 15 is 0 Å². The second kappa shape index (κ2) is 8.37. The van der Waals surface area contributed by atoms with Crippen molar-refractivity contribution in [2.75, 3.05) is 31.1 Å². The molecule has 2 aromatic carbocycles. The van der Waals surface area contributed by atoms with Crippen LogP contribution in [0.25, 0.3) is 10.8 Å². The van der Waals surface area contributed by atoms with Crippen LogP contribution >= 0.6 is 0 Å². The van der Waals surface area contributed by atoms with E-state index in [0.29, 0.717) is 54.6 Å². The second-order valence-corrected chi connectivity index (χ2v) is 7.35. The third kappa shape index (κ3) is 4.03. The summed E-state index contributed by atoms with van der Waals surface area (Å²) < 4.78 is 13.3. The SMILES string of the molecule is N#Cc1ccccc1N1CCN(C(=O)CCc2cc3ccc(F)cc3c(=O)[nH]2)CC1. The number of amides is 1. The fraction of sp³-hybridized carbons (Fsp3) is 0.261. The summed E-state index contributed by atoms with van der Waals surface area (Å²) in [7, 11) is 0. The Kier molecular flexibility index (Phi) is 5.48. The van der Waals surface area contributed by atoms with Crippen molar-refractivity contribution in [3.05, 3.63) is 76.0 Å². The molecule has 3 aromatic rings. The molecule has 1 N–H and O–H groups in total. The van der Waals surface area contributed by atoms with Gasteiger partial charge in [0.15, 0.2) is 0 Å². The Morgan fingerprint density at radius 2 is 1.87 bits per heavy atom. The van der Waals surface area contributed by atoms with Gasteiger partial charge in [0, 0.05) is 43.7 Å². The van der Waals surface area contributed by atoms with Crippen LogP contribution in [-0.4, -0.2) is 42.0 Å². The number of benzene rings is 2. The van der Waals surface area contributed by atoms with Crippen molar-refractivity contribution >= 4 is 22.4 Å². The Labute approximate surface area is 173 Å². The largest absolute Gasteiger partial charge is 0.367 e. The van der Waals surface area contributed by atoms with Crippen molar-refractivity contribution in [3.8, 4) is 6.07 Å². The van der Waals surface area contributed by atoms with Crippen LogP contribution < -0.4 is 10.5 Å². The Hall–Kier alpha value is -3.66. The van der Waals surface area contributed by atoms with Crippen molar-refractivity contribution < 1.29 is 9.18 Å². The van der Waals surface area contributed by atoms with Gasteiger partial charge in [0.1, 0.15) is 11.9 Å². The number of fused-ring (bicyclic) bond motifs is 1. The van der Waals surface area contributed by atoms with Crippen LogP contribution in [0.15, 0.2) is 53.3 Å². The molecule has 0 atom stereocenters. The molecule has 1 fully saturated rings. The summed E-state index contributed by atoms with van der Waals surface area (Å²) in [4.78, 5) is 31.5.